The van der Waals surface area contributed by atoms with Gasteiger partial charge in [-0.2, -0.15) is 0 Å². The van der Waals surface area contributed by atoms with Gasteiger partial charge in [0.05, 0.1) is 7.11 Å². The number of piperazine rings is 1. The number of amides is 1. The van der Waals surface area contributed by atoms with E-state index in [1.165, 1.54) is 19.2 Å². The highest BCUT2D eigenvalue weighted by Crippen LogP contribution is 2.34. The number of nitrogens with zero attached hydrogens (tertiary/aromatic N) is 3. The fraction of sp³-hybridized carbons (Fsp3) is 0.444. The van der Waals surface area contributed by atoms with Crippen molar-refractivity contribution in [3.8, 4) is 17.1 Å². The lowest BCUT2D eigenvalue weighted by molar-refractivity contribution is 0.0656. The van der Waals surface area contributed by atoms with Gasteiger partial charge in [-0.15, -0.1) is 0 Å². The van der Waals surface area contributed by atoms with Crippen LogP contribution in [0.2, 0.25) is 0 Å². The van der Waals surface area contributed by atoms with E-state index in [-0.39, 0.29) is 17.7 Å². The van der Waals surface area contributed by atoms with Crippen LogP contribution in [0.1, 0.15) is 17.3 Å². The van der Waals surface area contributed by atoms with E-state index in [9.17, 15) is 9.18 Å². The highest BCUT2D eigenvalue weighted by Gasteiger charge is 2.32. The van der Waals surface area contributed by atoms with Crippen LogP contribution < -0.4 is 15.0 Å². The quantitative estimate of drug-likeness (QED) is 0.897. The average molecular weight is 362 g/mol. The minimum Gasteiger partial charge on any atom is -0.494 e. The molecule has 1 aromatic heterocycles. The minimum absolute atomic E-state index is 0.0526. The molecule has 26 heavy (non-hydrogen) atoms. The van der Waals surface area contributed by atoms with Gasteiger partial charge < -0.3 is 24.4 Å². The summed E-state index contributed by atoms with van der Waals surface area (Å²) in [6.07, 6.45) is 0. The topological polar surface area (TPSA) is 70.8 Å². The second-order valence-corrected chi connectivity index (χ2v) is 6.51. The van der Waals surface area contributed by atoms with Crippen LogP contribution in [0.5, 0.6) is 5.75 Å². The molecular weight excluding hydrogens is 339 g/mol. The largest absolute Gasteiger partial charge is 0.494 e. The molecule has 3 rings (SSSR count). The zero-order chi connectivity index (χ0) is 18.8. The van der Waals surface area contributed by atoms with Crippen LogP contribution in [0.4, 0.5) is 10.2 Å². The molecule has 1 aliphatic rings. The number of aromatic nitrogens is 1. The first-order chi connectivity index (χ1) is 12.4. The predicted octanol–water partition coefficient (Wildman–Crippen LogP) is 1.99. The molecule has 0 spiro atoms. The zero-order valence-corrected chi connectivity index (χ0v) is 15.4. The molecule has 1 saturated heterocycles. The molecule has 0 saturated carbocycles. The SMILES string of the molecule is COc1cc(-c2onc(N(C)C)c2C(=O)N2CCNC[C@H]2C)ccc1F. The van der Waals surface area contributed by atoms with Gasteiger partial charge in [0.25, 0.3) is 5.91 Å². The summed E-state index contributed by atoms with van der Waals surface area (Å²) in [6.45, 7) is 4.06. The molecule has 1 atom stereocenters. The maximum atomic E-state index is 13.8. The number of hydrogen-bond acceptors (Lipinski definition) is 6. The molecule has 1 fully saturated rings. The van der Waals surface area contributed by atoms with Gasteiger partial charge in [0, 0.05) is 45.3 Å². The van der Waals surface area contributed by atoms with Gasteiger partial charge >= 0.3 is 0 Å². The van der Waals surface area contributed by atoms with Crippen molar-refractivity contribution in [2.24, 2.45) is 0 Å². The van der Waals surface area contributed by atoms with Crippen LogP contribution in [0, 0.1) is 5.82 Å². The molecule has 1 aliphatic heterocycles. The third-order valence-electron chi connectivity index (χ3n) is 4.49. The molecule has 0 unspecified atom stereocenters. The normalized spacial score (nSPS) is 17.3. The molecule has 0 radical (unpaired) electrons. The van der Waals surface area contributed by atoms with Gasteiger partial charge in [0.15, 0.2) is 23.1 Å². The van der Waals surface area contributed by atoms with E-state index in [1.807, 2.05) is 6.92 Å². The summed E-state index contributed by atoms with van der Waals surface area (Å²) in [5.74, 6) is 0.204. The van der Waals surface area contributed by atoms with Crippen molar-refractivity contribution in [3.63, 3.8) is 0 Å². The Kier molecular flexibility index (Phi) is 5.13. The summed E-state index contributed by atoms with van der Waals surface area (Å²) in [5, 5.41) is 7.33. The van der Waals surface area contributed by atoms with Gasteiger partial charge in [-0.1, -0.05) is 5.16 Å². The van der Waals surface area contributed by atoms with Crippen LogP contribution >= 0.6 is 0 Å². The van der Waals surface area contributed by atoms with E-state index in [2.05, 4.69) is 10.5 Å². The summed E-state index contributed by atoms with van der Waals surface area (Å²) in [6, 6.07) is 4.40. The number of benzene rings is 1. The summed E-state index contributed by atoms with van der Waals surface area (Å²) in [4.78, 5) is 16.8. The Bertz CT molecular complexity index is 806. The fourth-order valence-corrected chi connectivity index (χ4v) is 3.06. The van der Waals surface area contributed by atoms with E-state index >= 15 is 0 Å². The third kappa shape index (κ3) is 3.24. The average Bonchev–Trinajstić information content (AvgIpc) is 3.07. The Morgan fingerprint density at radius 3 is 2.88 bits per heavy atom. The van der Waals surface area contributed by atoms with E-state index in [0.29, 0.717) is 29.2 Å². The number of methoxy groups -OCH3 is 1. The second-order valence-electron chi connectivity index (χ2n) is 6.51. The minimum atomic E-state index is -0.479. The Morgan fingerprint density at radius 1 is 1.46 bits per heavy atom. The van der Waals surface area contributed by atoms with E-state index in [0.717, 1.165) is 13.1 Å². The van der Waals surface area contributed by atoms with Crippen LogP contribution in [0.3, 0.4) is 0 Å². The predicted molar refractivity (Wildman–Crippen MR) is 96.1 cm³/mol. The Labute approximate surface area is 151 Å². The molecule has 1 N–H and O–H groups in total. The molecule has 2 aromatic rings. The monoisotopic (exact) mass is 362 g/mol. The molecule has 7 nitrogen and oxygen atoms in total. The maximum absolute atomic E-state index is 13.8. The Hall–Kier alpha value is -2.61. The molecule has 1 aromatic carbocycles. The van der Waals surface area contributed by atoms with E-state index in [4.69, 9.17) is 9.26 Å². The van der Waals surface area contributed by atoms with Gasteiger partial charge in [-0.05, 0) is 25.1 Å². The van der Waals surface area contributed by atoms with Gasteiger partial charge in [-0.3, -0.25) is 4.79 Å². The standard InChI is InChI=1S/C18H23FN4O3/c1-11-10-20-7-8-23(11)18(24)15-16(26-21-17(15)22(2)3)12-5-6-13(19)14(9-12)25-4/h5-6,9,11,20H,7-8,10H2,1-4H3/t11-/m1/s1. The summed E-state index contributed by atoms with van der Waals surface area (Å²) in [7, 11) is 4.98. The van der Waals surface area contributed by atoms with Gasteiger partial charge in [0.2, 0.25) is 0 Å². The molecule has 8 heteroatoms. The van der Waals surface area contributed by atoms with E-state index < -0.39 is 5.82 Å². The summed E-state index contributed by atoms with van der Waals surface area (Å²) >= 11 is 0. The number of hydrogen-bond donors (Lipinski definition) is 1. The Morgan fingerprint density at radius 2 is 2.23 bits per heavy atom. The van der Waals surface area contributed by atoms with Crippen molar-refractivity contribution in [3.05, 3.63) is 29.6 Å². The van der Waals surface area contributed by atoms with Crippen LogP contribution in [0.15, 0.2) is 22.7 Å². The smallest absolute Gasteiger partial charge is 0.262 e. The first-order valence-corrected chi connectivity index (χ1v) is 8.46. The van der Waals surface area contributed by atoms with Crippen molar-refractivity contribution < 1.29 is 18.4 Å². The van der Waals surface area contributed by atoms with Crippen LogP contribution in [0.25, 0.3) is 11.3 Å². The molecular formula is C18H23FN4O3. The Balaban J connectivity index is 2.08. The number of halogens is 1. The number of carbonyl (C=O) groups excluding carboxylic acids is 1. The van der Waals surface area contributed by atoms with Crippen molar-refractivity contribution >= 4 is 11.7 Å². The lowest BCUT2D eigenvalue weighted by Gasteiger charge is -2.34. The molecule has 2 heterocycles. The maximum Gasteiger partial charge on any atom is 0.262 e. The molecule has 0 aliphatic carbocycles. The summed E-state index contributed by atoms with van der Waals surface area (Å²) in [5.41, 5.74) is 0.910. The number of carbonyl (C=O) groups is 1. The summed E-state index contributed by atoms with van der Waals surface area (Å²) < 4.78 is 24.3. The number of ether oxygens (including phenoxy) is 1. The van der Waals surface area contributed by atoms with Crippen molar-refractivity contribution in [1.29, 1.82) is 0 Å². The van der Waals surface area contributed by atoms with Gasteiger partial charge in [0.1, 0.15) is 5.56 Å². The second kappa shape index (κ2) is 7.33. The van der Waals surface area contributed by atoms with Crippen LogP contribution in [-0.2, 0) is 0 Å². The van der Waals surface area contributed by atoms with Crippen molar-refractivity contribution in [2.75, 3.05) is 45.7 Å². The lowest BCUT2D eigenvalue weighted by atomic mass is 10.0. The molecule has 0 bridgehead atoms. The van der Waals surface area contributed by atoms with Gasteiger partial charge in [-0.25, -0.2) is 4.39 Å². The zero-order valence-electron chi connectivity index (χ0n) is 15.4. The highest BCUT2D eigenvalue weighted by molar-refractivity contribution is 6.04. The number of nitrogens with one attached hydrogen (secondary N) is 1. The van der Waals surface area contributed by atoms with Crippen molar-refractivity contribution in [1.82, 2.24) is 15.4 Å². The van der Waals surface area contributed by atoms with Crippen molar-refractivity contribution in [2.45, 2.75) is 13.0 Å². The molecule has 1 amide bonds. The molecule has 140 valence electrons. The lowest BCUT2D eigenvalue weighted by Crippen LogP contribution is -2.52. The third-order valence-corrected chi connectivity index (χ3v) is 4.49. The number of anilines is 1. The van der Waals surface area contributed by atoms with E-state index in [1.54, 1.807) is 30.0 Å². The fourth-order valence-electron chi connectivity index (χ4n) is 3.06. The highest BCUT2D eigenvalue weighted by atomic mass is 19.1. The van der Waals surface area contributed by atoms with Crippen LogP contribution in [-0.4, -0.2) is 62.8 Å². The first-order valence-electron chi connectivity index (χ1n) is 8.46. The first kappa shape index (κ1) is 18.2. The number of rotatable bonds is 4.